The van der Waals surface area contributed by atoms with Crippen molar-refractivity contribution in [3.63, 3.8) is 0 Å². The van der Waals surface area contributed by atoms with Crippen LogP contribution in [0.5, 0.6) is 11.5 Å². The van der Waals surface area contributed by atoms with E-state index in [1.54, 1.807) is 0 Å². The molecule has 0 aromatic heterocycles. The van der Waals surface area contributed by atoms with E-state index in [2.05, 4.69) is 4.84 Å². The van der Waals surface area contributed by atoms with E-state index in [-0.39, 0.29) is 25.2 Å². The van der Waals surface area contributed by atoms with Crippen molar-refractivity contribution >= 4 is 16.1 Å². The third-order valence-corrected chi connectivity index (χ3v) is 3.05. The van der Waals surface area contributed by atoms with Gasteiger partial charge in [-0.1, -0.05) is 0 Å². The van der Waals surface area contributed by atoms with Crippen molar-refractivity contribution in [1.29, 1.82) is 0 Å². The fourth-order valence-electron chi connectivity index (χ4n) is 1.30. The molecule has 116 valence electrons. The van der Waals surface area contributed by atoms with Crippen molar-refractivity contribution in [3.8, 4) is 11.5 Å². The minimum atomic E-state index is -4.66. The topological polar surface area (TPSA) is 153 Å². The number of hydrogen-bond acceptors (Lipinski definition) is 8. The number of phenols is 1. The van der Waals surface area contributed by atoms with Gasteiger partial charge in [-0.3, -0.25) is 9.35 Å². The minimum absolute atomic E-state index is 0.0308. The lowest BCUT2D eigenvalue weighted by atomic mass is 10.3. The summed E-state index contributed by atoms with van der Waals surface area (Å²) in [4.78, 5) is 24.4. The Hall–Kier alpha value is -2.40. The van der Waals surface area contributed by atoms with Gasteiger partial charge in [-0.2, -0.15) is 8.42 Å². The van der Waals surface area contributed by atoms with Crippen molar-refractivity contribution in [2.75, 3.05) is 6.61 Å². The highest BCUT2D eigenvalue weighted by Gasteiger charge is 2.17. The van der Waals surface area contributed by atoms with Gasteiger partial charge in [-0.05, 0) is 18.6 Å². The van der Waals surface area contributed by atoms with Gasteiger partial charge in [0, 0.05) is 12.5 Å². The van der Waals surface area contributed by atoms with Crippen LogP contribution in [-0.4, -0.2) is 35.7 Å². The summed E-state index contributed by atoms with van der Waals surface area (Å²) in [5.41, 5.74) is 0. The summed E-state index contributed by atoms with van der Waals surface area (Å²) in [7, 11) is -4.66. The zero-order valence-electron chi connectivity index (χ0n) is 10.5. The van der Waals surface area contributed by atoms with Crippen molar-refractivity contribution < 1.29 is 37.5 Å². The van der Waals surface area contributed by atoms with Crippen molar-refractivity contribution in [2.45, 2.75) is 17.7 Å². The highest BCUT2D eigenvalue weighted by atomic mass is 32.2. The van der Waals surface area contributed by atoms with Crippen LogP contribution in [0, 0.1) is 10.1 Å². The van der Waals surface area contributed by atoms with Crippen LogP contribution in [0.15, 0.2) is 23.1 Å². The number of rotatable bonds is 7. The summed E-state index contributed by atoms with van der Waals surface area (Å²) < 4.78 is 35.5. The first-order valence-corrected chi connectivity index (χ1v) is 6.92. The molecule has 0 fully saturated rings. The van der Waals surface area contributed by atoms with Crippen LogP contribution in [0.3, 0.4) is 0 Å². The Bertz CT molecular complexity index is 640. The van der Waals surface area contributed by atoms with E-state index in [4.69, 9.17) is 9.29 Å². The van der Waals surface area contributed by atoms with E-state index < -0.39 is 31.8 Å². The molecule has 0 heterocycles. The van der Waals surface area contributed by atoms with Crippen LogP contribution in [0.1, 0.15) is 12.8 Å². The largest absolute Gasteiger partial charge is 0.506 e. The maximum absolute atomic E-state index is 11.4. The van der Waals surface area contributed by atoms with Gasteiger partial charge in [-0.15, -0.1) is 10.1 Å². The molecular weight excluding hydrogens is 310 g/mol. The summed E-state index contributed by atoms with van der Waals surface area (Å²) in [6.45, 7) is -0.284. The van der Waals surface area contributed by atoms with Gasteiger partial charge in [0.15, 0.2) is 0 Å². The Kier molecular flexibility index (Phi) is 5.44. The van der Waals surface area contributed by atoms with Gasteiger partial charge in [-0.25, -0.2) is 0 Å². The predicted octanol–water partition coefficient (Wildman–Crippen LogP) is 0.533. The second-order valence-corrected chi connectivity index (χ2v) is 5.13. The number of carbonyl (C=O) groups excluding carboxylic acids is 1. The van der Waals surface area contributed by atoms with Crippen LogP contribution in [0.25, 0.3) is 0 Å². The third kappa shape index (κ3) is 5.62. The Morgan fingerprint density at radius 2 is 2.05 bits per heavy atom. The molecule has 0 amide bonds. The standard InChI is InChI=1S/C10H11NO9S/c12-8-4-3-7(6-9(8)21(16,17)18)20-10(13)2-1-5-19-11(14)15/h3-4,6,12H,1-2,5H2,(H,16,17,18). The lowest BCUT2D eigenvalue weighted by molar-refractivity contribution is -0.757. The predicted molar refractivity (Wildman–Crippen MR) is 65.7 cm³/mol. The van der Waals surface area contributed by atoms with Crippen LogP contribution in [-0.2, 0) is 19.8 Å². The molecular formula is C10H11NO9S. The summed E-state index contributed by atoms with van der Waals surface area (Å²) in [5.74, 6) is -1.69. The van der Waals surface area contributed by atoms with Gasteiger partial charge in [0.05, 0.1) is 6.61 Å². The molecule has 0 bridgehead atoms. The smallest absolute Gasteiger partial charge is 0.311 e. The number of hydrogen-bond donors (Lipinski definition) is 2. The maximum atomic E-state index is 11.4. The van der Waals surface area contributed by atoms with Crippen LogP contribution in [0.4, 0.5) is 0 Å². The molecule has 0 saturated heterocycles. The van der Waals surface area contributed by atoms with Gasteiger partial charge in [0.2, 0.25) is 0 Å². The van der Waals surface area contributed by atoms with E-state index in [1.807, 2.05) is 0 Å². The van der Waals surface area contributed by atoms with Gasteiger partial charge in [0.1, 0.15) is 16.4 Å². The summed E-state index contributed by atoms with van der Waals surface area (Å²) in [6.07, 6.45) is -0.168. The lowest BCUT2D eigenvalue weighted by Crippen LogP contribution is -2.11. The Balaban J connectivity index is 2.63. The molecule has 0 atom stereocenters. The molecule has 0 saturated carbocycles. The van der Waals surface area contributed by atoms with Crippen molar-refractivity contribution in [3.05, 3.63) is 28.3 Å². The highest BCUT2D eigenvalue weighted by Crippen LogP contribution is 2.27. The van der Waals surface area contributed by atoms with Gasteiger partial charge in [0.25, 0.3) is 15.2 Å². The number of aromatic hydroxyl groups is 1. The minimum Gasteiger partial charge on any atom is -0.506 e. The quantitative estimate of drug-likeness (QED) is 0.183. The van der Waals surface area contributed by atoms with E-state index in [0.717, 1.165) is 18.2 Å². The van der Waals surface area contributed by atoms with Crippen molar-refractivity contribution in [1.82, 2.24) is 0 Å². The van der Waals surface area contributed by atoms with Crippen LogP contribution < -0.4 is 4.74 Å². The molecule has 1 rings (SSSR count). The molecule has 10 nitrogen and oxygen atoms in total. The van der Waals surface area contributed by atoms with Crippen LogP contribution >= 0.6 is 0 Å². The van der Waals surface area contributed by atoms with Gasteiger partial charge >= 0.3 is 5.97 Å². The molecule has 11 heteroatoms. The summed E-state index contributed by atoms with van der Waals surface area (Å²) in [5, 5.41) is 18.1. The number of carbonyl (C=O) groups is 1. The van der Waals surface area contributed by atoms with E-state index >= 15 is 0 Å². The highest BCUT2D eigenvalue weighted by molar-refractivity contribution is 7.86. The molecule has 2 N–H and O–H groups in total. The average molecular weight is 321 g/mol. The number of phenolic OH excluding ortho intramolecular Hbond substituents is 1. The Labute approximate surface area is 118 Å². The molecule has 0 radical (unpaired) electrons. The molecule has 0 aliphatic heterocycles. The number of benzene rings is 1. The van der Waals surface area contributed by atoms with Gasteiger partial charge < -0.3 is 14.7 Å². The molecule has 0 aliphatic rings. The second-order valence-electron chi connectivity index (χ2n) is 3.74. The SMILES string of the molecule is O=C(CCCO[N+](=O)[O-])Oc1ccc(O)c(S(=O)(=O)O)c1. The van der Waals surface area contributed by atoms with E-state index in [9.17, 15) is 28.4 Å². The van der Waals surface area contributed by atoms with E-state index in [0.29, 0.717) is 0 Å². The lowest BCUT2D eigenvalue weighted by Gasteiger charge is -2.06. The summed E-state index contributed by atoms with van der Waals surface area (Å²) >= 11 is 0. The first-order chi connectivity index (χ1) is 9.70. The van der Waals surface area contributed by atoms with Crippen LogP contribution in [0.2, 0.25) is 0 Å². The zero-order chi connectivity index (χ0) is 16.0. The molecule has 1 aromatic rings. The normalized spacial score (nSPS) is 10.9. The maximum Gasteiger partial charge on any atom is 0.311 e. The first-order valence-electron chi connectivity index (χ1n) is 5.48. The second kappa shape index (κ2) is 6.85. The average Bonchev–Trinajstić information content (AvgIpc) is 2.35. The Morgan fingerprint density at radius 1 is 1.38 bits per heavy atom. The van der Waals surface area contributed by atoms with E-state index in [1.165, 1.54) is 0 Å². The first kappa shape index (κ1) is 16.7. The number of esters is 1. The zero-order valence-corrected chi connectivity index (χ0v) is 11.3. The number of ether oxygens (including phenoxy) is 1. The fourth-order valence-corrected chi connectivity index (χ4v) is 1.90. The Morgan fingerprint density at radius 3 is 2.62 bits per heavy atom. The molecule has 1 aromatic carbocycles. The molecule has 0 spiro atoms. The van der Waals surface area contributed by atoms with Crippen molar-refractivity contribution in [2.24, 2.45) is 0 Å². The monoisotopic (exact) mass is 321 g/mol. The number of nitrogens with zero attached hydrogens (tertiary/aromatic N) is 1. The molecule has 0 unspecified atom stereocenters. The third-order valence-electron chi connectivity index (χ3n) is 2.16. The fraction of sp³-hybridized carbons (Fsp3) is 0.300. The molecule has 0 aliphatic carbocycles. The summed E-state index contributed by atoms with van der Waals surface area (Å²) in [6, 6.07) is 2.83. The molecule has 21 heavy (non-hydrogen) atoms.